The Kier molecular flexibility index (Phi) is 3.37. The largest absolute Gasteiger partial charge is 0.347 e. The molecule has 1 heterocycles. The van der Waals surface area contributed by atoms with Crippen LogP contribution >= 0.6 is 27.3 Å². The maximum absolute atomic E-state index is 11.7. The van der Waals surface area contributed by atoms with Crippen molar-refractivity contribution in [2.45, 2.75) is 33.2 Å². The first-order chi connectivity index (χ1) is 6.29. The summed E-state index contributed by atoms with van der Waals surface area (Å²) in [6, 6.07) is 1.90. The van der Waals surface area contributed by atoms with Crippen LogP contribution < -0.4 is 5.32 Å². The summed E-state index contributed by atoms with van der Waals surface area (Å²) >= 11 is 4.87. The Bertz CT molecular complexity index is 332. The van der Waals surface area contributed by atoms with E-state index in [2.05, 4.69) is 21.2 Å². The molecule has 2 nitrogen and oxygen atoms in total. The molecule has 0 aliphatic heterocycles. The smallest absolute Gasteiger partial charge is 0.261 e. The van der Waals surface area contributed by atoms with Crippen molar-refractivity contribution in [1.82, 2.24) is 5.32 Å². The van der Waals surface area contributed by atoms with Crippen LogP contribution in [0.3, 0.4) is 0 Å². The number of rotatable bonds is 1. The SMILES string of the molecule is Cc1cc(C(=O)NC(C)(C)C)sc1Br. The van der Waals surface area contributed by atoms with E-state index in [9.17, 15) is 4.79 Å². The number of carbonyl (C=O) groups excluding carboxylic acids is 1. The van der Waals surface area contributed by atoms with E-state index >= 15 is 0 Å². The standard InChI is InChI=1S/C10H14BrNOS/c1-6-5-7(14-8(6)11)9(13)12-10(2,3)4/h5H,1-4H3,(H,12,13). The molecule has 78 valence electrons. The zero-order valence-corrected chi connectivity index (χ0v) is 11.2. The maximum atomic E-state index is 11.7. The van der Waals surface area contributed by atoms with Crippen molar-refractivity contribution in [2.75, 3.05) is 0 Å². The predicted octanol–water partition coefficient (Wildman–Crippen LogP) is 3.35. The Morgan fingerprint density at radius 3 is 2.43 bits per heavy atom. The minimum atomic E-state index is -0.179. The van der Waals surface area contributed by atoms with Crippen LogP contribution in [0.5, 0.6) is 0 Å². The van der Waals surface area contributed by atoms with Crippen molar-refractivity contribution in [3.05, 3.63) is 20.3 Å². The van der Waals surface area contributed by atoms with Gasteiger partial charge in [-0.3, -0.25) is 4.79 Å². The molecule has 0 aliphatic rings. The first-order valence-corrected chi connectivity index (χ1v) is 5.99. The van der Waals surface area contributed by atoms with E-state index in [0.29, 0.717) is 0 Å². The van der Waals surface area contributed by atoms with Crippen LogP contribution in [-0.4, -0.2) is 11.4 Å². The van der Waals surface area contributed by atoms with Crippen LogP contribution in [-0.2, 0) is 0 Å². The van der Waals surface area contributed by atoms with E-state index in [1.807, 2.05) is 33.8 Å². The van der Waals surface area contributed by atoms with Gasteiger partial charge in [-0.15, -0.1) is 11.3 Å². The van der Waals surface area contributed by atoms with Gasteiger partial charge in [0.2, 0.25) is 0 Å². The number of halogens is 1. The molecule has 0 radical (unpaired) electrons. The molecule has 0 spiro atoms. The van der Waals surface area contributed by atoms with E-state index < -0.39 is 0 Å². The fourth-order valence-corrected chi connectivity index (χ4v) is 2.40. The summed E-state index contributed by atoms with van der Waals surface area (Å²) < 4.78 is 1.02. The molecule has 0 atom stereocenters. The van der Waals surface area contributed by atoms with Crippen molar-refractivity contribution in [3.8, 4) is 0 Å². The fourth-order valence-electron chi connectivity index (χ4n) is 0.974. The van der Waals surface area contributed by atoms with Crippen molar-refractivity contribution in [3.63, 3.8) is 0 Å². The molecule has 0 saturated heterocycles. The monoisotopic (exact) mass is 275 g/mol. The predicted molar refractivity (Wildman–Crippen MR) is 64.0 cm³/mol. The minimum absolute atomic E-state index is 0.00343. The van der Waals surface area contributed by atoms with E-state index in [4.69, 9.17) is 0 Å². The third-order valence-electron chi connectivity index (χ3n) is 1.57. The van der Waals surface area contributed by atoms with E-state index in [1.165, 1.54) is 11.3 Å². The summed E-state index contributed by atoms with van der Waals surface area (Å²) in [6.07, 6.45) is 0. The molecule has 0 bridgehead atoms. The summed E-state index contributed by atoms with van der Waals surface area (Å²) in [7, 11) is 0. The van der Waals surface area contributed by atoms with Crippen molar-refractivity contribution in [2.24, 2.45) is 0 Å². The molecular formula is C10H14BrNOS. The van der Waals surface area contributed by atoms with Crippen molar-refractivity contribution < 1.29 is 4.79 Å². The molecule has 0 saturated carbocycles. The number of hydrogen-bond acceptors (Lipinski definition) is 2. The lowest BCUT2D eigenvalue weighted by atomic mass is 10.1. The number of carbonyl (C=O) groups is 1. The quantitative estimate of drug-likeness (QED) is 0.837. The Labute approximate surface area is 96.8 Å². The zero-order valence-electron chi connectivity index (χ0n) is 8.77. The number of nitrogens with one attached hydrogen (secondary N) is 1. The third kappa shape index (κ3) is 3.10. The third-order valence-corrected chi connectivity index (χ3v) is 3.70. The lowest BCUT2D eigenvalue weighted by Gasteiger charge is -2.19. The summed E-state index contributed by atoms with van der Waals surface area (Å²) in [4.78, 5) is 12.5. The Hall–Kier alpha value is -0.350. The molecule has 0 fully saturated rings. The van der Waals surface area contributed by atoms with Gasteiger partial charge in [0.1, 0.15) is 0 Å². The van der Waals surface area contributed by atoms with E-state index in [1.54, 1.807) is 0 Å². The summed E-state index contributed by atoms with van der Waals surface area (Å²) in [5.74, 6) is -0.00343. The van der Waals surface area contributed by atoms with Gasteiger partial charge in [0.05, 0.1) is 8.66 Å². The van der Waals surface area contributed by atoms with Crippen LogP contribution in [0.2, 0.25) is 0 Å². The van der Waals surface area contributed by atoms with Gasteiger partial charge in [-0.1, -0.05) is 0 Å². The van der Waals surface area contributed by atoms with E-state index in [-0.39, 0.29) is 11.4 Å². The maximum Gasteiger partial charge on any atom is 0.261 e. The molecule has 4 heteroatoms. The van der Waals surface area contributed by atoms with Crippen molar-refractivity contribution >= 4 is 33.2 Å². The molecule has 0 aliphatic carbocycles. The Balaban J connectivity index is 2.80. The van der Waals surface area contributed by atoms with Gasteiger partial charge in [0, 0.05) is 5.54 Å². The number of thiophene rings is 1. The molecule has 1 amide bonds. The average Bonchev–Trinajstić information content (AvgIpc) is 2.28. The lowest BCUT2D eigenvalue weighted by Crippen LogP contribution is -2.40. The van der Waals surface area contributed by atoms with Crippen LogP contribution in [0.15, 0.2) is 9.85 Å². The Morgan fingerprint density at radius 2 is 2.07 bits per heavy atom. The molecule has 1 aromatic rings. The highest BCUT2D eigenvalue weighted by Gasteiger charge is 2.17. The van der Waals surface area contributed by atoms with Gasteiger partial charge >= 0.3 is 0 Å². The molecule has 1 aromatic heterocycles. The number of amides is 1. The second kappa shape index (κ2) is 4.03. The lowest BCUT2D eigenvalue weighted by molar-refractivity contribution is 0.0923. The second-order valence-electron chi connectivity index (χ2n) is 4.27. The van der Waals surface area contributed by atoms with Gasteiger partial charge in [-0.25, -0.2) is 0 Å². The van der Waals surface area contributed by atoms with E-state index in [0.717, 1.165) is 14.2 Å². The molecule has 1 rings (SSSR count). The molecule has 1 N–H and O–H groups in total. The summed E-state index contributed by atoms with van der Waals surface area (Å²) in [5, 5.41) is 2.93. The van der Waals surface area contributed by atoms with Gasteiger partial charge in [0.25, 0.3) is 5.91 Å². The number of hydrogen-bond donors (Lipinski definition) is 1. The van der Waals surface area contributed by atoms with Gasteiger partial charge in [-0.05, 0) is 55.3 Å². The van der Waals surface area contributed by atoms with Gasteiger partial charge in [-0.2, -0.15) is 0 Å². The Morgan fingerprint density at radius 1 is 1.50 bits per heavy atom. The second-order valence-corrected chi connectivity index (χ2v) is 6.64. The zero-order chi connectivity index (χ0) is 10.9. The van der Waals surface area contributed by atoms with Crippen LogP contribution in [0.25, 0.3) is 0 Å². The molecule has 0 aromatic carbocycles. The normalized spacial score (nSPS) is 11.5. The highest BCUT2D eigenvalue weighted by molar-refractivity contribution is 9.11. The van der Waals surface area contributed by atoms with Crippen molar-refractivity contribution in [1.29, 1.82) is 0 Å². The van der Waals surface area contributed by atoms with Crippen LogP contribution in [0.4, 0.5) is 0 Å². The topological polar surface area (TPSA) is 29.1 Å². The molecular weight excluding hydrogens is 262 g/mol. The fraction of sp³-hybridized carbons (Fsp3) is 0.500. The van der Waals surface area contributed by atoms with Gasteiger partial charge in [0.15, 0.2) is 0 Å². The first-order valence-electron chi connectivity index (χ1n) is 4.38. The summed E-state index contributed by atoms with van der Waals surface area (Å²) in [5.41, 5.74) is 0.926. The minimum Gasteiger partial charge on any atom is -0.347 e. The highest BCUT2D eigenvalue weighted by Crippen LogP contribution is 2.27. The first kappa shape index (κ1) is 11.7. The van der Waals surface area contributed by atoms with Crippen LogP contribution in [0, 0.1) is 6.92 Å². The molecule has 14 heavy (non-hydrogen) atoms. The number of aryl methyl sites for hydroxylation is 1. The van der Waals surface area contributed by atoms with Gasteiger partial charge < -0.3 is 5.32 Å². The summed E-state index contributed by atoms with van der Waals surface area (Å²) in [6.45, 7) is 7.90. The van der Waals surface area contributed by atoms with Crippen LogP contribution in [0.1, 0.15) is 36.0 Å². The molecule has 0 unspecified atom stereocenters. The average molecular weight is 276 g/mol. The highest BCUT2D eigenvalue weighted by atomic mass is 79.9.